The Morgan fingerprint density at radius 2 is 1.60 bits per heavy atom. The molecule has 0 unspecified atom stereocenters. The van der Waals surface area contributed by atoms with E-state index in [0.29, 0.717) is 16.8 Å². The molecule has 3 aromatic rings. The summed E-state index contributed by atoms with van der Waals surface area (Å²) in [6.45, 7) is 11.3. The molecule has 0 aliphatic carbocycles. The van der Waals surface area contributed by atoms with E-state index in [2.05, 4.69) is 33.6 Å². The van der Waals surface area contributed by atoms with E-state index in [1.807, 2.05) is 30.3 Å². The Labute approximate surface area is 244 Å². The second-order valence-corrected chi connectivity index (χ2v) is 11.4. The number of likely N-dealkylation sites (tertiary alicyclic amines) is 1. The number of halogens is 5. The molecule has 224 valence electrons. The van der Waals surface area contributed by atoms with Crippen molar-refractivity contribution in [1.82, 2.24) is 9.80 Å². The minimum atomic E-state index is -4.84. The van der Waals surface area contributed by atoms with E-state index >= 15 is 4.39 Å². The van der Waals surface area contributed by atoms with Gasteiger partial charge in [-0.3, -0.25) is 4.90 Å². The molecule has 1 N–H and O–H groups in total. The van der Waals surface area contributed by atoms with Crippen molar-refractivity contribution in [1.29, 1.82) is 0 Å². The predicted octanol–water partition coefficient (Wildman–Crippen LogP) is 7.78. The first-order valence-corrected chi connectivity index (χ1v) is 14.4. The molecular weight excluding hydrogens is 547 g/mol. The average molecular weight is 585 g/mol. The van der Waals surface area contributed by atoms with Crippen LogP contribution in [0.2, 0.25) is 0 Å². The first-order valence-electron chi connectivity index (χ1n) is 14.4. The van der Waals surface area contributed by atoms with Crippen molar-refractivity contribution in [3.63, 3.8) is 0 Å². The highest BCUT2D eigenvalue weighted by molar-refractivity contribution is 5.86. The van der Waals surface area contributed by atoms with Gasteiger partial charge in [-0.25, -0.2) is 8.78 Å². The molecule has 0 saturated carbocycles. The molecule has 0 amide bonds. The molecule has 2 aliphatic rings. The van der Waals surface area contributed by atoms with Crippen LogP contribution in [0, 0.1) is 18.6 Å². The fourth-order valence-electron chi connectivity index (χ4n) is 5.78. The predicted molar refractivity (Wildman–Crippen MR) is 159 cm³/mol. The second-order valence-electron chi connectivity index (χ2n) is 11.4. The largest absolute Gasteiger partial charge is 0.419 e. The number of aryl methyl sites for hydroxylation is 1. The number of piperazine rings is 1. The van der Waals surface area contributed by atoms with Gasteiger partial charge < -0.3 is 15.1 Å². The molecule has 9 heteroatoms. The first kappa shape index (κ1) is 30.0. The maximum absolute atomic E-state index is 15.2. The van der Waals surface area contributed by atoms with Gasteiger partial charge in [0.05, 0.1) is 16.9 Å². The highest BCUT2D eigenvalue weighted by Gasteiger charge is 2.35. The molecular formula is C33H37F5N4. The highest BCUT2D eigenvalue weighted by Crippen LogP contribution is 2.38. The van der Waals surface area contributed by atoms with Crippen LogP contribution in [0.1, 0.15) is 41.5 Å². The summed E-state index contributed by atoms with van der Waals surface area (Å²) in [4.78, 5) is 6.80. The van der Waals surface area contributed by atoms with Crippen LogP contribution in [0.4, 0.5) is 33.3 Å². The molecule has 5 rings (SSSR count). The summed E-state index contributed by atoms with van der Waals surface area (Å²) in [7, 11) is 2.05. The van der Waals surface area contributed by atoms with Crippen molar-refractivity contribution in [2.24, 2.45) is 0 Å². The number of benzene rings is 3. The summed E-state index contributed by atoms with van der Waals surface area (Å²) in [5.41, 5.74) is 2.43. The van der Waals surface area contributed by atoms with E-state index in [9.17, 15) is 17.6 Å². The molecule has 0 atom stereocenters. The monoisotopic (exact) mass is 584 g/mol. The number of nitrogens with zero attached hydrogens (tertiary/aromatic N) is 3. The number of hydrogen-bond acceptors (Lipinski definition) is 4. The van der Waals surface area contributed by atoms with Gasteiger partial charge in [0.2, 0.25) is 0 Å². The van der Waals surface area contributed by atoms with Crippen LogP contribution in [0.5, 0.6) is 0 Å². The molecule has 42 heavy (non-hydrogen) atoms. The lowest BCUT2D eigenvalue weighted by molar-refractivity contribution is -0.140. The van der Waals surface area contributed by atoms with Crippen molar-refractivity contribution in [2.45, 2.75) is 38.9 Å². The quantitative estimate of drug-likeness (QED) is 0.286. The number of likely N-dealkylation sites (N-methyl/N-ethyl adjacent to an activating group) is 1. The lowest BCUT2D eigenvalue weighted by Crippen LogP contribution is -2.44. The summed E-state index contributed by atoms with van der Waals surface area (Å²) < 4.78 is 70.2. The normalized spacial score (nSPS) is 17.0. The van der Waals surface area contributed by atoms with E-state index in [1.165, 1.54) is 38.3 Å². The topological polar surface area (TPSA) is 21.8 Å². The van der Waals surface area contributed by atoms with Gasteiger partial charge in [0.1, 0.15) is 11.6 Å². The molecule has 0 spiro atoms. The molecule has 0 aromatic heterocycles. The van der Waals surface area contributed by atoms with E-state index in [1.54, 1.807) is 0 Å². The van der Waals surface area contributed by atoms with Crippen molar-refractivity contribution in [3.8, 4) is 11.1 Å². The molecule has 3 aromatic carbocycles. The second kappa shape index (κ2) is 12.4. The zero-order valence-electron chi connectivity index (χ0n) is 24.1. The van der Waals surface area contributed by atoms with Crippen LogP contribution >= 0.6 is 0 Å². The lowest BCUT2D eigenvalue weighted by Gasteiger charge is -2.35. The Balaban J connectivity index is 1.50. The van der Waals surface area contributed by atoms with Crippen LogP contribution in [-0.4, -0.2) is 56.1 Å². The van der Waals surface area contributed by atoms with E-state index in [4.69, 9.17) is 0 Å². The number of hydrogen-bond donors (Lipinski definition) is 1. The van der Waals surface area contributed by atoms with Crippen molar-refractivity contribution in [3.05, 3.63) is 89.0 Å². The van der Waals surface area contributed by atoms with Crippen molar-refractivity contribution in [2.75, 3.05) is 56.5 Å². The van der Waals surface area contributed by atoms with Crippen molar-refractivity contribution >= 4 is 17.1 Å². The van der Waals surface area contributed by atoms with Gasteiger partial charge in [0, 0.05) is 44.0 Å². The van der Waals surface area contributed by atoms with Gasteiger partial charge in [0.15, 0.2) is 0 Å². The number of rotatable bonds is 7. The Morgan fingerprint density at radius 3 is 2.29 bits per heavy atom. The number of nitrogens with one attached hydrogen (secondary N) is 1. The standard InChI is InChI=1S/C33H37F5N4/c1-22-17-26(19-28(32(22)35)33(36,37)38)23(2)39-30-20-25(8-10-31(30)42-15-13-40(3)14-16-42)27-18-24(7-9-29(27)34)21-41-11-5-4-6-12-41/h7-10,17-20,39H,2,4-6,11-16,21H2,1,3H3. The van der Waals surface area contributed by atoms with Crippen LogP contribution in [0.15, 0.2) is 55.1 Å². The SMILES string of the molecule is C=C(Nc1cc(-c2cc(CN3CCCCC3)ccc2F)ccc1N1CCN(C)CC1)c1cc(C)c(F)c(C(F)(F)F)c1. The van der Waals surface area contributed by atoms with Gasteiger partial charge in [-0.1, -0.05) is 25.1 Å². The smallest absolute Gasteiger partial charge is 0.367 e. The molecule has 2 saturated heterocycles. The van der Waals surface area contributed by atoms with E-state index < -0.39 is 17.6 Å². The molecule has 4 nitrogen and oxygen atoms in total. The van der Waals surface area contributed by atoms with E-state index in [-0.39, 0.29) is 22.6 Å². The first-order chi connectivity index (χ1) is 20.0. The number of anilines is 2. The number of piperidine rings is 1. The van der Waals surface area contributed by atoms with Gasteiger partial charge in [-0.2, -0.15) is 13.2 Å². The fraction of sp³-hybridized carbons (Fsp3) is 0.394. The highest BCUT2D eigenvalue weighted by atomic mass is 19.4. The minimum Gasteiger partial charge on any atom is -0.367 e. The van der Waals surface area contributed by atoms with Crippen LogP contribution in [0.25, 0.3) is 16.8 Å². The third-order valence-corrected chi connectivity index (χ3v) is 8.23. The fourth-order valence-corrected chi connectivity index (χ4v) is 5.78. The Bertz CT molecular complexity index is 1440. The zero-order chi connectivity index (χ0) is 30.0. The lowest BCUT2D eigenvalue weighted by atomic mass is 9.99. The van der Waals surface area contributed by atoms with Gasteiger partial charge in [-0.15, -0.1) is 0 Å². The summed E-state index contributed by atoms with van der Waals surface area (Å²) >= 11 is 0. The van der Waals surface area contributed by atoms with Crippen LogP contribution < -0.4 is 10.2 Å². The maximum Gasteiger partial charge on any atom is 0.419 e. The summed E-state index contributed by atoms with van der Waals surface area (Å²) in [5, 5.41) is 3.20. The Morgan fingerprint density at radius 1 is 0.881 bits per heavy atom. The summed E-state index contributed by atoms with van der Waals surface area (Å²) in [5.74, 6) is -1.64. The summed E-state index contributed by atoms with van der Waals surface area (Å²) in [6, 6.07) is 13.0. The molecule has 0 bridgehead atoms. The van der Waals surface area contributed by atoms with E-state index in [0.717, 1.165) is 63.1 Å². The van der Waals surface area contributed by atoms with Crippen LogP contribution in [0.3, 0.4) is 0 Å². The van der Waals surface area contributed by atoms with Gasteiger partial charge in [-0.05, 0) is 98.6 Å². The Hall–Kier alpha value is -3.43. The average Bonchev–Trinajstić information content (AvgIpc) is 2.96. The van der Waals surface area contributed by atoms with Crippen molar-refractivity contribution < 1.29 is 22.0 Å². The number of alkyl halides is 3. The molecule has 2 heterocycles. The Kier molecular flexibility index (Phi) is 8.89. The molecule has 2 aliphatic heterocycles. The summed E-state index contributed by atoms with van der Waals surface area (Å²) in [6.07, 6.45) is -1.27. The third kappa shape index (κ3) is 6.79. The molecule has 0 radical (unpaired) electrons. The third-order valence-electron chi connectivity index (χ3n) is 8.23. The maximum atomic E-state index is 15.2. The zero-order valence-corrected chi connectivity index (χ0v) is 24.1. The van der Waals surface area contributed by atoms with Gasteiger partial charge >= 0.3 is 6.18 Å². The minimum absolute atomic E-state index is 0.122. The van der Waals surface area contributed by atoms with Gasteiger partial charge in [0.25, 0.3) is 0 Å². The molecule has 2 fully saturated rings. The van der Waals surface area contributed by atoms with Crippen LogP contribution in [-0.2, 0) is 12.7 Å².